The third-order valence-electron chi connectivity index (χ3n) is 5.13. The van der Waals surface area contributed by atoms with Gasteiger partial charge in [-0.15, -0.1) is 24.0 Å². The molecule has 1 unspecified atom stereocenters. The summed E-state index contributed by atoms with van der Waals surface area (Å²) in [6.45, 7) is 4.47. The number of nitrogens with zero attached hydrogens (tertiary/aromatic N) is 1. The number of halogens is 1. The van der Waals surface area contributed by atoms with Crippen molar-refractivity contribution < 1.29 is 18.6 Å². The van der Waals surface area contributed by atoms with Gasteiger partial charge in [-0.3, -0.25) is 4.99 Å². The monoisotopic (exact) mass is 493 g/mol. The summed E-state index contributed by atoms with van der Waals surface area (Å²) in [5, 5.41) is 6.82. The molecule has 0 amide bonds. The molecule has 27 heavy (non-hydrogen) atoms. The van der Waals surface area contributed by atoms with E-state index in [1.165, 1.54) is 0 Å². The normalized spacial score (nSPS) is 22.3. The molecule has 1 aromatic heterocycles. The van der Waals surface area contributed by atoms with Crippen molar-refractivity contribution in [2.75, 3.05) is 46.6 Å². The van der Waals surface area contributed by atoms with E-state index in [1.807, 2.05) is 12.1 Å². The van der Waals surface area contributed by atoms with Crippen molar-refractivity contribution in [1.82, 2.24) is 10.6 Å². The number of hydrogen-bond acceptors (Lipinski definition) is 5. The summed E-state index contributed by atoms with van der Waals surface area (Å²) in [5.41, 5.74) is -0.224. The molecule has 0 aliphatic carbocycles. The highest BCUT2D eigenvalue weighted by Crippen LogP contribution is 2.24. The first-order valence-electron chi connectivity index (χ1n) is 9.59. The van der Waals surface area contributed by atoms with Crippen LogP contribution in [-0.2, 0) is 20.6 Å². The van der Waals surface area contributed by atoms with Crippen molar-refractivity contribution in [2.24, 2.45) is 4.99 Å². The number of furan rings is 1. The van der Waals surface area contributed by atoms with Gasteiger partial charge in [-0.1, -0.05) is 0 Å². The summed E-state index contributed by atoms with van der Waals surface area (Å²) in [6, 6.07) is 3.90. The van der Waals surface area contributed by atoms with Crippen LogP contribution in [0.4, 0.5) is 0 Å². The molecule has 0 radical (unpaired) electrons. The zero-order chi connectivity index (χ0) is 18.1. The predicted molar refractivity (Wildman–Crippen MR) is 115 cm³/mol. The fourth-order valence-electron chi connectivity index (χ4n) is 3.34. The molecule has 0 bridgehead atoms. The Morgan fingerprint density at radius 2 is 2.15 bits per heavy atom. The minimum atomic E-state index is -0.224. The van der Waals surface area contributed by atoms with E-state index in [4.69, 9.17) is 23.6 Å². The largest absolute Gasteiger partial charge is 0.469 e. The summed E-state index contributed by atoms with van der Waals surface area (Å²) in [6.07, 6.45) is 6.77. The van der Waals surface area contributed by atoms with E-state index < -0.39 is 0 Å². The molecular formula is C19H32IN3O4. The fraction of sp³-hybridized carbons (Fsp3) is 0.737. The van der Waals surface area contributed by atoms with Gasteiger partial charge in [0.2, 0.25) is 0 Å². The minimum Gasteiger partial charge on any atom is -0.469 e. The number of methoxy groups -OCH3 is 1. The van der Waals surface area contributed by atoms with Crippen molar-refractivity contribution in [2.45, 2.75) is 43.8 Å². The lowest BCUT2D eigenvalue weighted by atomic mass is 9.94. The molecule has 0 saturated carbocycles. The number of nitrogens with one attached hydrogen (secondary N) is 2. The molecule has 0 aromatic carbocycles. The molecule has 8 heteroatoms. The van der Waals surface area contributed by atoms with E-state index in [0.29, 0.717) is 6.54 Å². The van der Waals surface area contributed by atoms with Crippen molar-refractivity contribution >= 4 is 29.9 Å². The summed E-state index contributed by atoms with van der Waals surface area (Å²) in [7, 11) is 1.77. The first kappa shape index (κ1) is 22.4. The van der Waals surface area contributed by atoms with Gasteiger partial charge in [0.05, 0.1) is 24.5 Å². The Balaban J connectivity index is 0.00000261. The lowest BCUT2D eigenvalue weighted by Gasteiger charge is -2.34. The second kappa shape index (κ2) is 11.9. The first-order chi connectivity index (χ1) is 12.8. The maximum Gasteiger partial charge on any atom is 0.191 e. The Kier molecular flexibility index (Phi) is 9.88. The van der Waals surface area contributed by atoms with Gasteiger partial charge in [-0.25, -0.2) is 0 Å². The number of rotatable bonds is 8. The molecule has 2 aliphatic rings. The second-order valence-corrected chi connectivity index (χ2v) is 6.94. The van der Waals surface area contributed by atoms with Gasteiger partial charge in [-0.05, 0) is 25.0 Å². The van der Waals surface area contributed by atoms with Gasteiger partial charge in [0.1, 0.15) is 5.76 Å². The molecule has 154 valence electrons. The highest BCUT2D eigenvalue weighted by atomic mass is 127. The molecule has 3 heterocycles. The maximum absolute atomic E-state index is 5.79. The molecule has 2 fully saturated rings. The van der Waals surface area contributed by atoms with Crippen LogP contribution in [0.2, 0.25) is 0 Å². The Morgan fingerprint density at radius 3 is 2.81 bits per heavy atom. The lowest BCUT2D eigenvalue weighted by molar-refractivity contribution is -0.0828. The van der Waals surface area contributed by atoms with Crippen LogP contribution in [0.3, 0.4) is 0 Å². The first-order valence-corrected chi connectivity index (χ1v) is 9.59. The maximum atomic E-state index is 5.79. The Hall–Kier alpha value is -0.840. The van der Waals surface area contributed by atoms with Gasteiger partial charge in [0.15, 0.2) is 5.96 Å². The van der Waals surface area contributed by atoms with Crippen molar-refractivity contribution in [1.29, 1.82) is 0 Å². The fourth-order valence-corrected chi connectivity index (χ4v) is 3.34. The third-order valence-corrected chi connectivity index (χ3v) is 5.13. The Bertz CT molecular complexity index is 541. The SMILES string of the molecule is COC1(CN=C(NCCc2ccco2)NCC2CCCO2)CCOCC1.I. The van der Waals surface area contributed by atoms with Crippen molar-refractivity contribution in [3.8, 4) is 0 Å². The molecule has 2 aliphatic heterocycles. The summed E-state index contributed by atoms with van der Waals surface area (Å²) in [5.74, 6) is 1.77. The van der Waals surface area contributed by atoms with E-state index in [0.717, 1.165) is 76.7 Å². The van der Waals surface area contributed by atoms with E-state index in [9.17, 15) is 0 Å². The second-order valence-electron chi connectivity index (χ2n) is 6.94. The van der Waals surface area contributed by atoms with Gasteiger partial charge in [0.25, 0.3) is 0 Å². The highest BCUT2D eigenvalue weighted by Gasteiger charge is 2.32. The van der Waals surface area contributed by atoms with E-state index in [-0.39, 0.29) is 35.7 Å². The number of guanidine groups is 1. The van der Waals surface area contributed by atoms with Crippen LogP contribution >= 0.6 is 24.0 Å². The standard InChI is InChI=1S/C19H31N3O4.HI/c1-23-19(7-12-24-13-8-19)15-22-18(21-14-17-5-3-11-26-17)20-9-6-16-4-2-10-25-16;/h2,4,10,17H,3,5-9,11-15H2,1H3,(H2,20,21,22);1H. The minimum absolute atomic E-state index is 0. The quantitative estimate of drug-likeness (QED) is 0.329. The number of ether oxygens (including phenoxy) is 3. The average molecular weight is 493 g/mol. The van der Waals surface area contributed by atoms with Crippen LogP contribution < -0.4 is 10.6 Å². The molecule has 0 spiro atoms. The van der Waals surface area contributed by atoms with Crippen LogP contribution in [0.25, 0.3) is 0 Å². The molecule has 2 saturated heterocycles. The van der Waals surface area contributed by atoms with Gasteiger partial charge in [-0.2, -0.15) is 0 Å². The number of hydrogen-bond donors (Lipinski definition) is 2. The third kappa shape index (κ3) is 7.24. The molecular weight excluding hydrogens is 461 g/mol. The van der Waals surface area contributed by atoms with Crippen LogP contribution in [0.5, 0.6) is 0 Å². The summed E-state index contributed by atoms with van der Waals surface area (Å²) < 4.78 is 22.3. The van der Waals surface area contributed by atoms with E-state index in [2.05, 4.69) is 10.6 Å². The molecule has 3 rings (SSSR count). The zero-order valence-electron chi connectivity index (χ0n) is 16.1. The van der Waals surface area contributed by atoms with Crippen molar-refractivity contribution in [3.05, 3.63) is 24.2 Å². The van der Waals surface area contributed by atoms with E-state index >= 15 is 0 Å². The van der Waals surface area contributed by atoms with Gasteiger partial charge >= 0.3 is 0 Å². The predicted octanol–water partition coefficient (Wildman–Crippen LogP) is 2.35. The lowest BCUT2D eigenvalue weighted by Crippen LogP contribution is -2.45. The molecule has 2 N–H and O–H groups in total. The zero-order valence-corrected chi connectivity index (χ0v) is 18.4. The van der Waals surface area contributed by atoms with Gasteiger partial charge < -0.3 is 29.3 Å². The van der Waals surface area contributed by atoms with Crippen LogP contribution in [0, 0.1) is 0 Å². The average Bonchev–Trinajstić information content (AvgIpc) is 3.38. The summed E-state index contributed by atoms with van der Waals surface area (Å²) in [4.78, 5) is 4.80. The van der Waals surface area contributed by atoms with Crippen LogP contribution in [-0.4, -0.2) is 64.2 Å². The van der Waals surface area contributed by atoms with Crippen molar-refractivity contribution in [3.63, 3.8) is 0 Å². The van der Waals surface area contributed by atoms with Gasteiger partial charge in [0, 0.05) is 59.3 Å². The van der Waals surface area contributed by atoms with Crippen LogP contribution in [0.15, 0.2) is 27.8 Å². The smallest absolute Gasteiger partial charge is 0.191 e. The molecule has 1 aromatic rings. The van der Waals surface area contributed by atoms with Crippen LogP contribution in [0.1, 0.15) is 31.4 Å². The Morgan fingerprint density at radius 1 is 1.30 bits per heavy atom. The molecule has 1 atom stereocenters. The highest BCUT2D eigenvalue weighted by molar-refractivity contribution is 14.0. The topological polar surface area (TPSA) is 77.2 Å². The molecule has 7 nitrogen and oxygen atoms in total. The number of aliphatic imine (C=N–C) groups is 1. The summed E-state index contributed by atoms with van der Waals surface area (Å²) >= 11 is 0. The van der Waals surface area contributed by atoms with E-state index in [1.54, 1.807) is 13.4 Å². The Labute approximate surface area is 178 Å².